The van der Waals surface area contributed by atoms with E-state index in [-0.39, 0.29) is 5.91 Å². The molecule has 0 aliphatic carbocycles. The van der Waals surface area contributed by atoms with Crippen molar-refractivity contribution in [3.63, 3.8) is 0 Å². The highest BCUT2D eigenvalue weighted by atomic mass is 32.2. The smallest absolute Gasteiger partial charge is 0.222 e. The zero-order valence-electron chi connectivity index (χ0n) is 12.6. The molecule has 0 fully saturated rings. The molecule has 0 aliphatic heterocycles. The van der Waals surface area contributed by atoms with E-state index in [9.17, 15) is 4.79 Å². The zero-order chi connectivity index (χ0) is 15.1. The fourth-order valence-electron chi connectivity index (χ4n) is 2.18. The molecule has 0 spiro atoms. The van der Waals surface area contributed by atoms with Crippen LogP contribution in [0.1, 0.15) is 17.5 Å². The number of carbonyl (C=O) groups excluding carboxylic acids is 1. The molecule has 2 nitrogen and oxygen atoms in total. The van der Waals surface area contributed by atoms with E-state index in [1.165, 1.54) is 16.0 Å². The van der Waals surface area contributed by atoms with Crippen molar-refractivity contribution in [2.45, 2.75) is 24.3 Å². The molecule has 0 atom stereocenters. The second kappa shape index (κ2) is 7.89. The van der Waals surface area contributed by atoms with Gasteiger partial charge in [0.1, 0.15) is 0 Å². The Kier molecular flexibility index (Phi) is 5.88. The average molecular weight is 299 g/mol. The van der Waals surface area contributed by atoms with Crippen LogP contribution in [0.4, 0.5) is 0 Å². The minimum absolute atomic E-state index is 0.188. The van der Waals surface area contributed by atoms with E-state index in [1.54, 1.807) is 16.7 Å². The topological polar surface area (TPSA) is 20.3 Å². The summed E-state index contributed by atoms with van der Waals surface area (Å²) >= 11 is 1.73. The van der Waals surface area contributed by atoms with Crippen molar-refractivity contribution < 1.29 is 4.79 Å². The van der Waals surface area contributed by atoms with Crippen LogP contribution in [-0.2, 0) is 17.8 Å². The van der Waals surface area contributed by atoms with E-state index in [1.807, 2.05) is 25.2 Å². The first-order chi connectivity index (χ1) is 10.2. The van der Waals surface area contributed by atoms with Gasteiger partial charge in [-0.05, 0) is 35.9 Å². The molecule has 0 aliphatic rings. The largest absolute Gasteiger partial charge is 0.341 e. The molecule has 0 saturated carbocycles. The maximum atomic E-state index is 12.2. The fourth-order valence-corrected chi connectivity index (χ4v) is 2.59. The van der Waals surface area contributed by atoms with Gasteiger partial charge >= 0.3 is 0 Å². The first-order valence-electron chi connectivity index (χ1n) is 7.10. The molecule has 110 valence electrons. The van der Waals surface area contributed by atoms with Crippen molar-refractivity contribution in [1.29, 1.82) is 0 Å². The van der Waals surface area contributed by atoms with Gasteiger partial charge in [-0.2, -0.15) is 0 Å². The number of thioether (sulfide) groups is 1. The van der Waals surface area contributed by atoms with Gasteiger partial charge in [-0.15, -0.1) is 11.8 Å². The Morgan fingerprint density at radius 2 is 1.67 bits per heavy atom. The number of benzene rings is 2. The van der Waals surface area contributed by atoms with Crippen molar-refractivity contribution in [2.75, 3.05) is 13.3 Å². The quantitative estimate of drug-likeness (QED) is 0.751. The molecular formula is C18H21NOS. The van der Waals surface area contributed by atoms with Crippen molar-refractivity contribution in [1.82, 2.24) is 4.90 Å². The molecule has 0 saturated heterocycles. The van der Waals surface area contributed by atoms with Gasteiger partial charge in [0.25, 0.3) is 0 Å². The summed E-state index contributed by atoms with van der Waals surface area (Å²) in [5.41, 5.74) is 2.38. The van der Waals surface area contributed by atoms with Crippen LogP contribution in [0.2, 0.25) is 0 Å². The summed E-state index contributed by atoms with van der Waals surface area (Å²) in [6.07, 6.45) is 3.42. The minimum Gasteiger partial charge on any atom is -0.341 e. The Hall–Kier alpha value is -1.74. The van der Waals surface area contributed by atoms with Crippen LogP contribution >= 0.6 is 11.8 Å². The molecule has 0 bridgehead atoms. The summed E-state index contributed by atoms with van der Waals surface area (Å²) in [6, 6.07) is 18.5. The van der Waals surface area contributed by atoms with E-state index in [0.717, 1.165) is 6.42 Å². The first kappa shape index (κ1) is 15.6. The van der Waals surface area contributed by atoms with Gasteiger partial charge in [0, 0.05) is 24.9 Å². The van der Waals surface area contributed by atoms with Crippen molar-refractivity contribution in [3.05, 3.63) is 65.7 Å². The Morgan fingerprint density at radius 1 is 1.00 bits per heavy atom. The lowest BCUT2D eigenvalue weighted by Crippen LogP contribution is -2.26. The number of hydrogen-bond acceptors (Lipinski definition) is 2. The molecule has 21 heavy (non-hydrogen) atoms. The highest BCUT2D eigenvalue weighted by molar-refractivity contribution is 7.98. The fraction of sp³-hybridized carbons (Fsp3) is 0.278. The van der Waals surface area contributed by atoms with Crippen LogP contribution < -0.4 is 0 Å². The Bertz CT molecular complexity index is 566. The van der Waals surface area contributed by atoms with Crippen LogP contribution in [0.5, 0.6) is 0 Å². The zero-order valence-corrected chi connectivity index (χ0v) is 13.4. The van der Waals surface area contributed by atoms with Gasteiger partial charge in [-0.1, -0.05) is 42.5 Å². The van der Waals surface area contributed by atoms with Crippen LogP contribution in [0, 0.1) is 0 Å². The molecule has 0 heterocycles. The van der Waals surface area contributed by atoms with E-state index < -0.39 is 0 Å². The first-order valence-corrected chi connectivity index (χ1v) is 8.32. The number of aryl methyl sites for hydroxylation is 1. The average Bonchev–Trinajstić information content (AvgIpc) is 2.54. The lowest BCUT2D eigenvalue weighted by atomic mass is 10.1. The number of nitrogens with zero attached hydrogens (tertiary/aromatic N) is 1. The molecule has 2 rings (SSSR count). The summed E-state index contributed by atoms with van der Waals surface area (Å²) in [5, 5.41) is 0. The molecule has 2 aromatic carbocycles. The summed E-state index contributed by atoms with van der Waals surface area (Å²) in [7, 11) is 1.87. The van der Waals surface area contributed by atoms with Gasteiger partial charge in [0.15, 0.2) is 0 Å². The standard InChI is InChI=1S/C18H21NOS/c1-19(14-16-8-11-17(21-2)12-9-16)18(20)13-10-15-6-4-3-5-7-15/h3-9,11-12H,10,13-14H2,1-2H3. The van der Waals surface area contributed by atoms with Gasteiger partial charge in [0.2, 0.25) is 5.91 Å². The molecule has 3 heteroatoms. The van der Waals surface area contributed by atoms with Gasteiger partial charge < -0.3 is 4.90 Å². The number of carbonyl (C=O) groups is 1. The van der Waals surface area contributed by atoms with E-state index in [0.29, 0.717) is 13.0 Å². The third-order valence-electron chi connectivity index (χ3n) is 3.47. The number of amides is 1. The Balaban J connectivity index is 1.84. The van der Waals surface area contributed by atoms with Crippen LogP contribution in [-0.4, -0.2) is 24.1 Å². The second-order valence-corrected chi connectivity index (χ2v) is 5.96. The monoisotopic (exact) mass is 299 g/mol. The summed E-state index contributed by atoms with van der Waals surface area (Å²) in [4.78, 5) is 15.2. The molecule has 1 amide bonds. The Labute approximate surface area is 131 Å². The van der Waals surface area contributed by atoms with E-state index >= 15 is 0 Å². The van der Waals surface area contributed by atoms with Crippen LogP contribution in [0.3, 0.4) is 0 Å². The normalized spacial score (nSPS) is 10.4. The highest BCUT2D eigenvalue weighted by Crippen LogP contribution is 2.16. The van der Waals surface area contributed by atoms with Gasteiger partial charge in [0.05, 0.1) is 0 Å². The maximum Gasteiger partial charge on any atom is 0.222 e. The van der Waals surface area contributed by atoms with Crippen LogP contribution in [0.25, 0.3) is 0 Å². The summed E-state index contributed by atoms with van der Waals surface area (Å²) in [6.45, 7) is 0.669. The van der Waals surface area contributed by atoms with Crippen LogP contribution in [0.15, 0.2) is 59.5 Å². The lowest BCUT2D eigenvalue weighted by molar-refractivity contribution is -0.130. The summed E-state index contributed by atoms with van der Waals surface area (Å²) in [5.74, 6) is 0.188. The van der Waals surface area contributed by atoms with Crippen molar-refractivity contribution in [2.24, 2.45) is 0 Å². The third-order valence-corrected chi connectivity index (χ3v) is 4.22. The van der Waals surface area contributed by atoms with E-state index in [2.05, 4.69) is 42.7 Å². The predicted molar refractivity (Wildman–Crippen MR) is 89.5 cm³/mol. The van der Waals surface area contributed by atoms with Gasteiger partial charge in [-0.3, -0.25) is 4.79 Å². The van der Waals surface area contributed by atoms with Crippen molar-refractivity contribution in [3.8, 4) is 0 Å². The Morgan fingerprint density at radius 3 is 2.29 bits per heavy atom. The molecule has 2 aromatic rings. The molecule has 0 unspecified atom stereocenters. The maximum absolute atomic E-state index is 12.2. The summed E-state index contributed by atoms with van der Waals surface area (Å²) < 4.78 is 0. The molecule has 0 aromatic heterocycles. The molecular weight excluding hydrogens is 278 g/mol. The SMILES string of the molecule is CSc1ccc(CN(C)C(=O)CCc2ccccc2)cc1. The lowest BCUT2D eigenvalue weighted by Gasteiger charge is -2.17. The number of rotatable bonds is 6. The highest BCUT2D eigenvalue weighted by Gasteiger charge is 2.09. The second-order valence-electron chi connectivity index (χ2n) is 5.08. The molecule has 0 N–H and O–H groups in total. The predicted octanol–water partition coefficient (Wildman–Crippen LogP) is 4.00. The van der Waals surface area contributed by atoms with Crippen molar-refractivity contribution >= 4 is 17.7 Å². The van der Waals surface area contributed by atoms with E-state index in [4.69, 9.17) is 0 Å². The van der Waals surface area contributed by atoms with Gasteiger partial charge in [-0.25, -0.2) is 0 Å². The molecule has 0 radical (unpaired) electrons. The number of hydrogen-bond donors (Lipinski definition) is 0. The third kappa shape index (κ3) is 4.94. The minimum atomic E-state index is 0.188.